The van der Waals surface area contributed by atoms with E-state index in [2.05, 4.69) is 44.4 Å². The maximum atomic E-state index is 4.59. The van der Waals surface area contributed by atoms with Gasteiger partial charge in [-0.15, -0.1) is 11.3 Å². The lowest BCUT2D eigenvalue weighted by Crippen LogP contribution is -2.65. The van der Waals surface area contributed by atoms with Crippen LogP contribution in [0.4, 0.5) is 5.69 Å². The highest BCUT2D eigenvalue weighted by atomic mass is 32.1. The molecule has 0 aliphatic carbocycles. The van der Waals surface area contributed by atoms with E-state index in [0.29, 0.717) is 5.54 Å². The summed E-state index contributed by atoms with van der Waals surface area (Å²) in [7, 11) is 0. The molecule has 1 unspecified atom stereocenters. The number of rotatable bonds is 2. The Balaban J connectivity index is 1.61. The number of pyridine rings is 1. The average molecular weight is 339 g/mol. The zero-order valence-corrected chi connectivity index (χ0v) is 14.6. The molecule has 2 N–H and O–H groups in total. The summed E-state index contributed by atoms with van der Waals surface area (Å²) >= 11 is 1.74. The van der Waals surface area contributed by atoms with Crippen molar-refractivity contribution in [3.8, 4) is 10.6 Å². The Labute approximate surface area is 145 Å². The zero-order chi connectivity index (χ0) is 16.1. The van der Waals surface area contributed by atoms with Gasteiger partial charge in [0.15, 0.2) is 0 Å². The van der Waals surface area contributed by atoms with Crippen molar-refractivity contribution in [1.29, 1.82) is 0 Å². The van der Waals surface area contributed by atoms with Gasteiger partial charge >= 0.3 is 0 Å². The molecule has 0 saturated carbocycles. The highest BCUT2D eigenvalue weighted by Crippen LogP contribution is 2.39. The van der Waals surface area contributed by atoms with Crippen molar-refractivity contribution in [2.75, 3.05) is 24.5 Å². The molecule has 1 spiro atoms. The summed E-state index contributed by atoms with van der Waals surface area (Å²) in [6.45, 7) is 5.47. The quantitative estimate of drug-likeness (QED) is 0.752. The Bertz CT molecular complexity index is 892. The van der Waals surface area contributed by atoms with Gasteiger partial charge in [-0.1, -0.05) is 0 Å². The lowest BCUT2D eigenvalue weighted by atomic mass is 9.80. The van der Waals surface area contributed by atoms with Crippen LogP contribution in [0.25, 0.3) is 21.6 Å². The molecule has 0 bridgehead atoms. The predicted molar refractivity (Wildman–Crippen MR) is 98.7 cm³/mol. The van der Waals surface area contributed by atoms with Crippen molar-refractivity contribution in [3.05, 3.63) is 29.5 Å². The second kappa shape index (κ2) is 5.29. The van der Waals surface area contributed by atoms with Crippen LogP contribution in [0, 0.1) is 6.92 Å². The van der Waals surface area contributed by atoms with Crippen LogP contribution in [0.2, 0.25) is 0 Å². The van der Waals surface area contributed by atoms with Crippen LogP contribution in [-0.2, 0) is 0 Å². The normalized spacial score (nSPS) is 23.8. The fourth-order valence-electron chi connectivity index (χ4n) is 4.11. The molecule has 2 aliphatic rings. The molecule has 2 fully saturated rings. The zero-order valence-electron chi connectivity index (χ0n) is 13.8. The van der Waals surface area contributed by atoms with Gasteiger partial charge in [0.2, 0.25) is 0 Å². The minimum absolute atomic E-state index is 0.335. The molecule has 6 heteroatoms. The lowest BCUT2D eigenvalue weighted by Gasteiger charge is -2.50. The second-order valence-electron chi connectivity index (χ2n) is 7.01. The molecular weight excluding hydrogens is 318 g/mol. The van der Waals surface area contributed by atoms with Gasteiger partial charge in [0, 0.05) is 47.7 Å². The first-order chi connectivity index (χ1) is 11.7. The highest BCUT2D eigenvalue weighted by Gasteiger charge is 2.40. The van der Waals surface area contributed by atoms with Gasteiger partial charge in [-0.25, -0.2) is 9.97 Å². The molecule has 24 heavy (non-hydrogen) atoms. The Morgan fingerprint density at radius 2 is 2.21 bits per heavy atom. The van der Waals surface area contributed by atoms with E-state index in [9.17, 15) is 0 Å². The monoisotopic (exact) mass is 339 g/mol. The molecule has 2 saturated heterocycles. The van der Waals surface area contributed by atoms with E-state index in [1.54, 1.807) is 11.3 Å². The number of aryl methyl sites for hydroxylation is 1. The Morgan fingerprint density at radius 3 is 2.96 bits per heavy atom. The molecule has 5 heterocycles. The molecule has 1 atom stereocenters. The third-order valence-electron chi connectivity index (χ3n) is 5.42. The molecule has 3 aromatic heterocycles. The van der Waals surface area contributed by atoms with Crippen molar-refractivity contribution >= 4 is 28.1 Å². The van der Waals surface area contributed by atoms with Gasteiger partial charge in [0.25, 0.3) is 0 Å². The van der Waals surface area contributed by atoms with Crippen LogP contribution < -0.4 is 10.2 Å². The number of H-pyrrole nitrogens is 1. The van der Waals surface area contributed by atoms with Crippen LogP contribution in [0.1, 0.15) is 24.1 Å². The van der Waals surface area contributed by atoms with E-state index in [0.717, 1.165) is 30.3 Å². The van der Waals surface area contributed by atoms with Gasteiger partial charge in [0.1, 0.15) is 10.7 Å². The van der Waals surface area contributed by atoms with E-state index in [1.165, 1.54) is 40.8 Å². The molecule has 0 amide bonds. The summed E-state index contributed by atoms with van der Waals surface area (Å²) in [5.41, 5.74) is 3.75. The molecular formula is C18H21N5S. The molecule has 5 nitrogen and oxygen atoms in total. The van der Waals surface area contributed by atoms with Crippen molar-refractivity contribution in [3.63, 3.8) is 0 Å². The Morgan fingerprint density at radius 1 is 1.29 bits per heavy atom. The maximum absolute atomic E-state index is 4.59. The van der Waals surface area contributed by atoms with Gasteiger partial charge in [-0.05, 0) is 38.8 Å². The average Bonchev–Trinajstić information content (AvgIpc) is 3.19. The third-order valence-corrected chi connectivity index (χ3v) is 6.37. The maximum Gasteiger partial charge on any atom is 0.140 e. The summed E-state index contributed by atoms with van der Waals surface area (Å²) in [4.78, 5) is 16.2. The van der Waals surface area contributed by atoms with E-state index < -0.39 is 0 Å². The number of anilines is 1. The van der Waals surface area contributed by atoms with E-state index >= 15 is 0 Å². The lowest BCUT2D eigenvalue weighted by molar-refractivity contribution is 0.175. The molecule has 0 aromatic carbocycles. The number of fused-ring (bicyclic) bond motifs is 1. The fraction of sp³-hybridized carbons (Fsp3) is 0.444. The third kappa shape index (κ3) is 2.17. The molecule has 0 radical (unpaired) electrons. The number of hydrogen-bond donors (Lipinski definition) is 2. The number of thiazole rings is 1. The van der Waals surface area contributed by atoms with Gasteiger partial charge in [0.05, 0.1) is 11.1 Å². The number of hydrogen-bond acceptors (Lipinski definition) is 5. The van der Waals surface area contributed by atoms with Gasteiger partial charge in [-0.3, -0.25) is 0 Å². The minimum Gasteiger partial charge on any atom is -0.369 e. The summed E-state index contributed by atoms with van der Waals surface area (Å²) < 4.78 is 0. The first kappa shape index (κ1) is 14.4. The fourth-order valence-corrected chi connectivity index (χ4v) is 4.90. The molecule has 2 aliphatic heterocycles. The highest BCUT2D eigenvalue weighted by molar-refractivity contribution is 7.15. The van der Waals surface area contributed by atoms with Crippen molar-refractivity contribution in [2.45, 2.75) is 31.7 Å². The second-order valence-corrected chi connectivity index (χ2v) is 8.25. The van der Waals surface area contributed by atoms with E-state index in [1.807, 2.05) is 12.4 Å². The minimum atomic E-state index is 0.335. The van der Waals surface area contributed by atoms with Crippen molar-refractivity contribution in [2.24, 2.45) is 0 Å². The summed E-state index contributed by atoms with van der Waals surface area (Å²) in [5, 5.41) is 5.96. The largest absolute Gasteiger partial charge is 0.369 e. The van der Waals surface area contributed by atoms with Crippen LogP contribution in [0.3, 0.4) is 0 Å². The van der Waals surface area contributed by atoms with Crippen LogP contribution in [0.15, 0.2) is 24.7 Å². The number of nitrogens with zero attached hydrogens (tertiary/aromatic N) is 3. The topological polar surface area (TPSA) is 56.8 Å². The Hall–Kier alpha value is -1.92. The van der Waals surface area contributed by atoms with Crippen molar-refractivity contribution < 1.29 is 0 Å². The summed E-state index contributed by atoms with van der Waals surface area (Å²) in [5.74, 6) is 0. The molecule has 5 rings (SSSR count). The van der Waals surface area contributed by atoms with Crippen molar-refractivity contribution in [1.82, 2.24) is 20.3 Å². The van der Waals surface area contributed by atoms with Crippen LogP contribution >= 0.6 is 11.3 Å². The van der Waals surface area contributed by atoms with Gasteiger partial charge < -0.3 is 15.2 Å². The van der Waals surface area contributed by atoms with Gasteiger partial charge in [-0.2, -0.15) is 0 Å². The standard InChI is InChI=1S/C18H21N5S/c1-12-9-21-17(24-12)13-10-20-16-15(13)14(3-6-19-16)23-8-2-4-18(11-23)5-7-22-18/h3,6,9-10,22H,2,4-5,7-8,11H2,1H3,(H,19,20). The summed E-state index contributed by atoms with van der Waals surface area (Å²) in [6, 6.07) is 2.16. The van der Waals surface area contributed by atoms with Crippen LogP contribution in [0.5, 0.6) is 0 Å². The molecule has 124 valence electrons. The predicted octanol–water partition coefficient (Wildman–Crippen LogP) is 3.33. The van der Waals surface area contributed by atoms with Crippen LogP contribution in [-0.4, -0.2) is 40.1 Å². The number of piperidine rings is 1. The number of aromatic amines is 1. The first-order valence-corrected chi connectivity index (χ1v) is 9.45. The number of aromatic nitrogens is 3. The SMILES string of the molecule is Cc1cnc(-c2c[nH]c3nccc(N4CCCC5(CCN5)C4)c23)s1. The summed E-state index contributed by atoms with van der Waals surface area (Å²) in [6.07, 6.45) is 9.75. The van der Waals surface area contributed by atoms with E-state index in [4.69, 9.17) is 0 Å². The smallest absolute Gasteiger partial charge is 0.140 e. The van der Waals surface area contributed by atoms with E-state index in [-0.39, 0.29) is 0 Å². The first-order valence-electron chi connectivity index (χ1n) is 8.63. The molecule has 3 aromatic rings. The Kier molecular flexibility index (Phi) is 3.18. The number of nitrogens with one attached hydrogen (secondary N) is 2.